The number of carboxylic acid groups (broad SMARTS) is 1. The van der Waals surface area contributed by atoms with Gasteiger partial charge in [0.25, 0.3) is 0 Å². The van der Waals surface area contributed by atoms with Crippen LogP contribution in [0.4, 0.5) is 0 Å². The molecule has 1 aromatic rings. The fraction of sp³-hybridized carbons (Fsp3) is 0.533. The number of carbonyl (C=O) groups excluding carboxylic acids is 2. The molecule has 21 heavy (non-hydrogen) atoms. The third-order valence-electron chi connectivity index (χ3n) is 3.23. The highest BCUT2D eigenvalue weighted by Gasteiger charge is 2.27. The number of rotatable bonds is 7. The first kappa shape index (κ1) is 17.4. The monoisotopic (exact) mass is 311 g/mol. The van der Waals surface area contributed by atoms with E-state index in [-0.39, 0.29) is 31.1 Å². The number of thiophene rings is 1. The summed E-state index contributed by atoms with van der Waals surface area (Å²) in [7, 11) is 0. The van der Waals surface area contributed by atoms with Crippen molar-refractivity contribution in [3.05, 3.63) is 21.4 Å². The lowest BCUT2D eigenvalue weighted by molar-refractivity contribution is -0.146. The van der Waals surface area contributed by atoms with Gasteiger partial charge in [0.2, 0.25) is 5.91 Å². The van der Waals surface area contributed by atoms with E-state index >= 15 is 0 Å². The first-order valence-electron chi connectivity index (χ1n) is 6.74. The second-order valence-electron chi connectivity index (χ2n) is 5.72. The Morgan fingerprint density at radius 2 is 1.86 bits per heavy atom. The van der Waals surface area contributed by atoms with Crippen molar-refractivity contribution in [2.75, 3.05) is 6.54 Å². The highest BCUT2D eigenvalue weighted by molar-refractivity contribution is 7.12. The lowest BCUT2D eigenvalue weighted by Gasteiger charge is -2.19. The minimum absolute atomic E-state index is 0.0476. The molecule has 0 radical (unpaired) electrons. The number of carboxylic acids is 1. The van der Waals surface area contributed by atoms with Crippen molar-refractivity contribution in [3.8, 4) is 0 Å². The van der Waals surface area contributed by atoms with Crippen LogP contribution in [-0.4, -0.2) is 29.3 Å². The van der Waals surface area contributed by atoms with Gasteiger partial charge in [0.1, 0.15) is 0 Å². The summed E-state index contributed by atoms with van der Waals surface area (Å²) in [6, 6.07) is 1.84. The van der Waals surface area contributed by atoms with Crippen LogP contribution in [0.25, 0.3) is 0 Å². The molecule has 0 fully saturated rings. The van der Waals surface area contributed by atoms with E-state index in [1.54, 1.807) is 11.3 Å². The number of aliphatic carboxylic acids is 1. The van der Waals surface area contributed by atoms with Crippen LogP contribution in [0.15, 0.2) is 6.07 Å². The zero-order valence-electron chi connectivity index (χ0n) is 12.8. The van der Waals surface area contributed by atoms with Crippen molar-refractivity contribution in [2.45, 2.75) is 40.5 Å². The first-order valence-corrected chi connectivity index (χ1v) is 7.55. The van der Waals surface area contributed by atoms with E-state index < -0.39 is 11.4 Å². The Bertz CT molecular complexity index is 560. The summed E-state index contributed by atoms with van der Waals surface area (Å²) in [5.41, 5.74) is -0.336. The molecule has 0 aromatic carbocycles. The molecule has 116 valence electrons. The van der Waals surface area contributed by atoms with E-state index in [0.717, 1.165) is 9.75 Å². The molecule has 0 aliphatic carbocycles. The van der Waals surface area contributed by atoms with Gasteiger partial charge in [0.15, 0.2) is 5.78 Å². The number of Topliss-reactive ketones (excluding diaryl/α,β-unsaturated/α-hetero) is 1. The van der Waals surface area contributed by atoms with Crippen molar-refractivity contribution in [1.82, 2.24) is 5.32 Å². The first-order chi connectivity index (χ1) is 9.63. The molecule has 0 spiro atoms. The van der Waals surface area contributed by atoms with Gasteiger partial charge in [-0.15, -0.1) is 11.3 Å². The number of aryl methyl sites for hydroxylation is 2. The van der Waals surface area contributed by atoms with Crippen LogP contribution in [0.1, 0.15) is 46.8 Å². The molecule has 1 heterocycles. The van der Waals surface area contributed by atoms with Crippen LogP contribution in [0.3, 0.4) is 0 Å². The summed E-state index contributed by atoms with van der Waals surface area (Å²) >= 11 is 1.56. The number of amides is 1. The molecule has 0 aliphatic heterocycles. The summed E-state index contributed by atoms with van der Waals surface area (Å²) in [6.45, 7) is 6.96. The maximum absolute atomic E-state index is 12.0. The average Bonchev–Trinajstić information content (AvgIpc) is 2.72. The van der Waals surface area contributed by atoms with Crippen molar-refractivity contribution in [2.24, 2.45) is 5.41 Å². The second-order valence-corrected chi connectivity index (χ2v) is 7.18. The summed E-state index contributed by atoms with van der Waals surface area (Å²) < 4.78 is 0. The van der Waals surface area contributed by atoms with Gasteiger partial charge < -0.3 is 10.4 Å². The normalized spacial score (nSPS) is 11.2. The molecule has 0 atom stereocenters. The molecule has 0 bridgehead atoms. The van der Waals surface area contributed by atoms with E-state index in [1.807, 2.05) is 19.9 Å². The highest BCUT2D eigenvalue weighted by Crippen LogP contribution is 2.22. The Morgan fingerprint density at radius 3 is 2.33 bits per heavy atom. The van der Waals surface area contributed by atoms with E-state index in [2.05, 4.69) is 5.32 Å². The van der Waals surface area contributed by atoms with Crippen LogP contribution in [0, 0.1) is 19.3 Å². The predicted molar refractivity (Wildman–Crippen MR) is 81.8 cm³/mol. The fourth-order valence-electron chi connectivity index (χ4n) is 1.75. The predicted octanol–water partition coefficient (Wildman–Crippen LogP) is 2.55. The van der Waals surface area contributed by atoms with Crippen molar-refractivity contribution in [1.29, 1.82) is 0 Å². The molecule has 6 heteroatoms. The molecule has 1 amide bonds. The maximum Gasteiger partial charge on any atom is 0.310 e. The number of hydrogen-bond donors (Lipinski definition) is 2. The third-order valence-corrected chi connectivity index (χ3v) is 4.19. The van der Waals surface area contributed by atoms with Crippen molar-refractivity contribution < 1.29 is 19.5 Å². The highest BCUT2D eigenvalue weighted by atomic mass is 32.1. The van der Waals surface area contributed by atoms with Gasteiger partial charge in [0.05, 0.1) is 5.41 Å². The lowest BCUT2D eigenvalue weighted by Crippen LogP contribution is -2.38. The van der Waals surface area contributed by atoms with Gasteiger partial charge in [-0.1, -0.05) is 0 Å². The standard InChI is InChI=1S/C15H21NO4S/c1-9-7-11(10(2)21-9)12(17)5-6-13(18)16-8-15(3,4)14(19)20/h7H,5-6,8H2,1-4H3,(H,16,18)(H,19,20). The van der Waals surface area contributed by atoms with Crippen molar-refractivity contribution >= 4 is 29.0 Å². The largest absolute Gasteiger partial charge is 0.481 e. The Balaban J connectivity index is 2.45. The van der Waals surface area contributed by atoms with Crippen LogP contribution >= 0.6 is 11.3 Å². The van der Waals surface area contributed by atoms with E-state index in [9.17, 15) is 14.4 Å². The van der Waals surface area contributed by atoms with Gasteiger partial charge >= 0.3 is 5.97 Å². The number of nitrogens with one attached hydrogen (secondary N) is 1. The number of hydrogen-bond acceptors (Lipinski definition) is 4. The quantitative estimate of drug-likeness (QED) is 0.758. The number of carbonyl (C=O) groups is 3. The molecular formula is C15H21NO4S. The van der Waals surface area contributed by atoms with E-state index in [1.165, 1.54) is 13.8 Å². The molecule has 1 rings (SSSR count). The maximum atomic E-state index is 12.0. The molecular weight excluding hydrogens is 290 g/mol. The molecule has 0 unspecified atom stereocenters. The minimum atomic E-state index is -1.01. The van der Waals surface area contributed by atoms with E-state index in [0.29, 0.717) is 5.56 Å². The Hall–Kier alpha value is -1.69. The molecule has 0 saturated carbocycles. The molecule has 0 aliphatic rings. The van der Waals surface area contributed by atoms with Gasteiger partial charge in [-0.3, -0.25) is 14.4 Å². The molecule has 2 N–H and O–H groups in total. The third kappa shape index (κ3) is 4.97. The van der Waals surface area contributed by atoms with Crippen LogP contribution in [-0.2, 0) is 9.59 Å². The zero-order chi connectivity index (χ0) is 16.2. The topological polar surface area (TPSA) is 83.5 Å². The smallest absolute Gasteiger partial charge is 0.310 e. The molecule has 1 aromatic heterocycles. The SMILES string of the molecule is Cc1cc(C(=O)CCC(=O)NCC(C)(C)C(=O)O)c(C)s1. The van der Waals surface area contributed by atoms with Gasteiger partial charge in [-0.25, -0.2) is 0 Å². The summed E-state index contributed by atoms with van der Waals surface area (Å²) in [5.74, 6) is -1.32. The second kappa shape index (κ2) is 6.85. The molecule has 0 saturated heterocycles. The van der Waals surface area contributed by atoms with Gasteiger partial charge in [0, 0.05) is 34.7 Å². The zero-order valence-corrected chi connectivity index (χ0v) is 13.6. The van der Waals surface area contributed by atoms with Crippen molar-refractivity contribution in [3.63, 3.8) is 0 Å². The lowest BCUT2D eigenvalue weighted by atomic mass is 9.94. The average molecular weight is 311 g/mol. The van der Waals surface area contributed by atoms with E-state index in [4.69, 9.17) is 5.11 Å². The minimum Gasteiger partial charge on any atom is -0.481 e. The van der Waals surface area contributed by atoms with Crippen LogP contribution in [0.5, 0.6) is 0 Å². The Kier molecular flexibility index (Phi) is 5.66. The Labute approximate surface area is 128 Å². The van der Waals surface area contributed by atoms with Gasteiger partial charge in [-0.2, -0.15) is 0 Å². The summed E-state index contributed by atoms with van der Waals surface area (Å²) in [5, 5.41) is 11.5. The van der Waals surface area contributed by atoms with Crippen LogP contribution in [0.2, 0.25) is 0 Å². The summed E-state index contributed by atoms with van der Waals surface area (Å²) in [4.78, 5) is 36.7. The van der Waals surface area contributed by atoms with Crippen LogP contribution < -0.4 is 5.32 Å². The number of ketones is 1. The fourth-order valence-corrected chi connectivity index (χ4v) is 2.70. The van der Waals surface area contributed by atoms with Gasteiger partial charge in [-0.05, 0) is 33.8 Å². The molecule has 5 nitrogen and oxygen atoms in total. The Morgan fingerprint density at radius 1 is 1.24 bits per heavy atom. The summed E-state index contributed by atoms with van der Waals surface area (Å²) in [6.07, 6.45) is 0.208.